The summed E-state index contributed by atoms with van der Waals surface area (Å²) in [7, 11) is 0. The summed E-state index contributed by atoms with van der Waals surface area (Å²) in [6, 6.07) is 35.9. The van der Waals surface area contributed by atoms with Crippen molar-refractivity contribution in [3.05, 3.63) is 148 Å². The predicted molar refractivity (Wildman–Crippen MR) is 171 cm³/mol. The van der Waals surface area contributed by atoms with Crippen LogP contribution in [0.3, 0.4) is 0 Å². The lowest BCUT2D eigenvalue weighted by Crippen LogP contribution is -2.29. The minimum atomic E-state index is 0.271. The number of rotatable bonds is 6. The van der Waals surface area contributed by atoms with Gasteiger partial charge in [0.2, 0.25) is 0 Å². The first-order chi connectivity index (χ1) is 20.1. The summed E-state index contributed by atoms with van der Waals surface area (Å²) < 4.78 is 6.29. The molecule has 0 bridgehead atoms. The molecule has 0 amide bonds. The molecular weight excluding hydrogens is 524 g/mol. The molecule has 1 N–H and O–H groups in total. The summed E-state index contributed by atoms with van der Waals surface area (Å²) in [6.45, 7) is 2.61. The van der Waals surface area contributed by atoms with Crippen LogP contribution >= 0.6 is 11.6 Å². The molecule has 1 aliphatic carbocycles. The Labute approximate surface area is 246 Å². The Kier molecular flexibility index (Phi) is 6.82. The molecule has 3 nitrogen and oxygen atoms in total. The molecule has 0 fully saturated rings. The highest BCUT2D eigenvalue weighted by Crippen LogP contribution is 2.50. The molecule has 0 saturated carbocycles. The molecule has 0 radical (unpaired) electrons. The lowest BCUT2D eigenvalue weighted by Gasteiger charge is -2.37. The van der Waals surface area contributed by atoms with Crippen LogP contribution in [0.1, 0.15) is 46.2 Å². The Balaban J connectivity index is 1.15. The number of benzene rings is 5. The van der Waals surface area contributed by atoms with Crippen LogP contribution in [0.5, 0.6) is 5.75 Å². The van der Waals surface area contributed by atoms with Crippen LogP contribution in [-0.4, -0.2) is 6.21 Å². The molecule has 202 valence electrons. The van der Waals surface area contributed by atoms with Gasteiger partial charge >= 0.3 is 0 Å². The first kappa shape index (κ1) is 25.6. The molecule has 5 aromatic carbocycles. The smallest absolute Gasteiger partial charge is 0.129 e. The largest absolute Gasteiger partial charge is 0.488 e. The van der Waals surface area contributed by atoms with Crippen LogP contribution in [0.4, 0.5) is 11.4 Å². The molecule has 2 aliphatic rings. The minimum Gasteiger partial charge on any atom is -0.488 e. The van der Waals surface area contributed by atoms with Gasteiger partial charge in [-0.15, -0.1) is 0 Å². The maximum atomic E-state index is 6.29. The topological polar surface area (TPSA) is 33.6 Å². The predicted octanol–water partition coefficient (Wildman–Crippen LogP) is 9.96. The van der Waals surface area contributed by atoms with Crippen molar-refractivity contribution < 1.29 is 4.74 Å². The second-order valence-corrected chi connectivity index (χ2v) is 11.5. The average molecular weight is 555 g/mol. The molecule has 0 aromatic heterocycles. The molecule has 7 rings (SSSR count). The van der Waals surface area contributed by atoms with E-state index in [-0.39, 0.29) is 6.04 Å². The number of aliphatic imine (C=N–C) groups is 1. The van der Waals surface area contributed by atoms with Gasteiger partial charge in [-0.05, 0) is 83.1 Å². The summed E-state index contributed by atoms with van der Waals surface area (Å²) in [5, 5.41) is 6.81. The zero-order valence-electron chi connectivity index (χ0n) is 22.9. The monoisotopic (exact) mass is 554 g/mol. The Morgan fingerprint density at radius 2 is 1.80 bits per heavy atom. The van der Waals surface area contributed by atoms with Gasteiger partial charge in [0.1, 0.15) is 12.4 Å². The fourth-order valence-corrected chi connectivity index (χ4v) is 6.49. The van der Waals surface area contributed by atoms with Crippen molar-refractivity contribution in [3.63, 3.8) is 0 Å². The number of hydrogen-bond acceptors (Lipinski definition) is 3. The molecular formula is C37H31ClN2O. The molecule has 41 heavy (non-hydrogen) atoms. The van der Waals surface area contributed by atoms with Crippen LogP contribution in [0.2, 0.25) is 5.02 Å². The zero-order chi connectivity index (χ0) is 27.8. The lowest BCUT2D eigenvalue weighted by atomic mass is 9.76. The van der Waals surface area contributed by atoms with E-state index in [1.807, 2.05) is 36.5 Å². The van der Waals surface area contributed by atoms with E-state index in [2.05, 4.69) is 97.2 Å². The number of fused-ring (bicyclic) bond motifs is 4. The maximum absolute atomic E-state index is 6.29. The van der Waals surface area contributed by atoms with Gasteiger partial charge in [-0.2, -0.15) is 0 Å². The van der Waals surface area contributed by atoms with Crippen molar-refractivity contribution in [3.8, 4) is 5.75 Å². The summed E-state index contributed by atoms with van der Waals surface area (Å²) in [6.07, 6.45) is 7.76. The van der Waals surface area contributed by atoms with Crippen molar-refractivity contribution in [2.45, 2.75) is 31.9 Å². The van der Waals surface area contributed by atoms with E-state index in [9.17, 15) is 0 Å². The van der Waals surface area contributed by atoms with Gasteiger partial charge in [0, 0.05) is 28.4 Å². The zero-order valence-corrected chi connectivity index (χ0v) is 23.7. The van der Waals surface area contributed by atoms with Crippen LogP contribution in [0.25, 0.3) is 10.8 Å². The fourth-order valence-electron chi connectivity index (χ4n) is 6.27. The Morgan fingerprint density at radius 3 is 2.68 bits per heavy atom. The second-order valence-electron chi connectivity index (χ2n) is 11.0. The summed E-state index contributed by atoms with van der Waals surface area (Å²) in [5.41, 5.74) is 8.18. The highest BCUT2D eigenvalue weighted by Gasteiger charge is 2.37. The SMILES string of the molecule is Cc1ccc2c(c1)[C@@H]1C=CC[C@@H]1[C@H](c1ccc(N=Cc3c(OCc4cccc(Cl)c4)ccc4ccccc34)cc1)N2. The third-order valence-corrected chi connectivity index (χ3v) is 8.56. The van der Waals surface area contributed by atoms with Crippen molar-refractivity contribution >= 4 is 40.0 Å². The molecule has 1 aliphatic heterocycles. The van der Waals surface area contributed by atoms with Crippen molar-refractivity contribution in [1.29, 1.82) is 0 Å². The van der Waals surface area contributed by atoms with Gasteiger partial charge in [0.25, 0.3) is 0 Å². The molecule has 1 heterocycles. The van der Waals surface area contributed by atoms with Gasteiger partial charge < -0.3 is 10.1 Å². The number of anilines is 1. The molecule has 4 heteroatoms. The van der Waals surface area contributed by atoms with E-state index >= 15 is 0 Å². The fraction of sp³-hybridized carbons (Fsp3) is 0.162. The van der Waals surface area contributed by atoms with E-state index in [0.29, 0.717) is 23.5 Å². The van der Waals surface area contributed by atoms with E-state index < -0.39 is 0 Å². The highest BCUT2D eigenvalue weighted by molar-refractivity contribution is 6.30. The van der Waals surface area contributed by atoms with Gasteiger partial charge in [-0.1, -0.05) is 96.0 Å². The minimum absolute atomic E-state index is 0.271. The number of halogens is 1. The molecule has 0 spiro atoms. The first-order valence-corrected chi connectivity index (χ1v) is 14.6. The van der Waals surface area contributed by atoms with E-state index in [1.54, 1.807) is 0 Å². The van der Waals surface area contributed by atoms with Crippen molar-refractivity contribution in [1.82, 2.24) is 0 Å². The summed E-state index contributed by atoms with van der Waals surface area (Å²) in [5.74, 6) is 1.78. The van der Waals surface area contributed by atoms with Crippen molar-refractivity contribution in [2.24, 2.45) is 10.9 Å². The second kappa shape index (κ2) is 10.9. The Morgan fingerprint density at radius 1 is 0.927 bits per heavy atom. The highest BCUT2D eigenvalue weighted by atomic mass is 35.5. The number of nitrogens with zero attached hydrogens (tertiary/aromatic N) is 1. The van der Waals surface area contributed by atoms with Crippen LogP contribution in [-0.2, 0) is 6.61 Å². The number of ether oxygens (including phenoxy) is 1. The van der Waals surface area contributed by atoms with Crippen LogP contribution in [0.15, 0.2) is 120 Å². The van der Waals surface area contributed by atoms with Gasteiger partial charge in [-0.3, -0.25) is 4.99 Å². The number of aryl methyl sites for hydroxylation is 1. The quantitative estimate of drug-likeness (QED) is 0.167. The molecule has 0 unspecified atom stereocenters. The van der Waals surface area contributed by atoms with E-state index in [1.165, 1.54) is 22.4 Å². The van der Waals surface area contributed by atoms with E-state index in [0.717, 1.165) is 39.8 Å². The van der Waals surface area contributed by atoms with Crippen molar-refractivity contribution in [2.75, 3.05) is 5.32 Å². The van der Waals surface area contributed by atoms with Gasteiger partial charge in [0.05, 0.1) is 11.7 Å². The normalized spacial score (nSPS) is 19.2. The number of hydrogen-bond donors (Lipinski definition) is 1. The average Bonchev–Trinajstić information content (AvgIpc) is 3.50. The molecule has 0 saturated heterocycles. The summed E-state index contributed by atoms with van der Waals surface area (Å²) >= 11 is 6.18. The maximum Gasteiger partial charge on any atom is 0.129 e. The standard InChI is InChI=1S/C37H31ClN2O/c1-24-12-18-35-33(20-24)31-10-5-11-32(31)37(40-35)27-13-16-29(17-14-27)39-22-34-30-9-3-2-7-26(30)15-19-36(34)41-23-25-6-4-8-28(38)21-25/h2-10,12-22,31-32,37,40H,11,23H2,1H3/t31-,32+,37+/m1/s1. The number of allylic oxidation sites excluding steroid dienone is 2. The van der Waals surface area contributed by atoms with Crippen LogP contribution in [0, 0.1) is 12.8 Å². The number of nitrogens with one attached hydrogen (secondary N) is 1. The molecule has 5 aromatic rings. The summed E-state index contributed by atoms with van der Waals surface area (Å²) in [4.78, 5) is 4.90. The molecule has 3 atom stereocenters. The Bertz CT molecular complexity index is 1790. The third kappa shape index (κ3) is 5.14. The first-order valence-electron chi connectivity index (χ1n) is 14.2. The third-order valence-electron chi connectivity index (χ3n) is 8.33. The van der Waals surface area contributed by atoms with Gasteiger partial charge in [0.15, 0.2) is 0 Å². The van der Waals surface area contributed by atoms with Crippen LogP contribution < -0.4 is 10.1 Å². The Hall–Kier alpha value is -4.34. The van der Waals surface area contributed by atoms with Gasteiger partial charge in [-0.25, -0.2) is 0 Å². The lowest BCUT2D eigenvalue weighted by molar-refractivity contribution is 0.306. The van der Waals surface area contributed by atoms with E-state index in [4.69, 9.17) is 21.3 Å².